The number of benzene rings is 9. The maximum Gasteiger partial charge on any atom is 0.0547 e. The van der Waals surface area contributed by atoms with Crippen molar-refractivity contribution in [2.45, 2.75) is 38.5 Å². The van der Waals surface area contributed by atoms with Gasteiger partial charge in [0.15, 0.2) is 0 Å². The van der Waals surface area contributed by atoms with Gasteiger partial charge in [0.25, 0.3) is 0 Å². The fraction of sp³-hybridized carbons (Fsp3) is 0.115. The van der Waals surface area contributed by atoms with Gasteiger partial charge in [-0.15, -0.1) is 0 Å². The molecule has 2 aliphatic rings. The predicted octanol–water partition coefficient (Wildman–Crippen LogP) is 14.0. The van der Waals surface area contributed by atoms with Gasteiger partial charge in [-0.25, -0.2) is 0 Å². The normalized spacial score (nSPS) is 15.1. The Morgan fingerprint density at radius 3 is 1.85 bits per heavy atom. The second-order valence-corrected chi connectivity index (χ2v) is 16.5. The highest BCUT2D eigenvalue weighted by atomic mass is 15.0. The fourth-order valence-electron chi connectivity index (χ4n) is 10.5. The van der Waals surface area contributed by atoms with E-state index in [2.05, 4.69) is 184 Å². The number of aromatic nitrogens is 1. The summed E-state index contributed by atoms with van der Waals surface area (Å²) >= 11 is 0. The molecule has 1 nitrogen and oxygen atoms in total. The Morgan fingerprint density at radius 1 is 0.358 bits per heavy atom. The Kier molecular flexibility index (Phi) is 5.45. The van der Waals surface area contributed by atoms with E-state index in [1.54, 1.807) is 0 Å². The van der Waals surface area contributed by atoms with Gasteiger partial charge in [-0.1, -0.05) is 143 Å². The standard InChI is InChI=1S/C52H37N/c1-51(2)43-14-7-5-12-36(43)37-25-21-34(27-45(37)51)53-47-15-8-6-13-39(47)42-28-46-41(29-48(42)53)38-23-20-33(26-44(38)52(46,3)4)35-22-18-32-17-16-30-10-9-11-31-19-24-40(35)50(32)49(30)31/h5-29H,1-4H3. The highest BCUT2D eigenvalue weighted by Crippen LogP contribution is 2.53. The molecule has 0 unspecified atom stereocenters. The van der Waals surface area contributed by atoms with Crippen molar-refractivity contribution in [1.29, 1.82) is 0 Å². The first-order valence-electron chi connectivity index (χ1n) is 18.9. The van der Waals surface area contributed by atoms with Crippen molar-refractivity contribution in [2.75, 3.05) is 0 Å². The first-order chi connectivity index (χ1) is 25.8. The van der Waals surface area contributed by atoms with Gasteiger partial charge in [-0.3, -0.25) is 0 Å². The largest absolute Gasteiger partial charge is 0.309 e. The minimum atomic E-state index is -0.148. The Labute approximate surface area is 309 Å². The average Bonchev–Trinajstić information content (AvgIpc) is 3.72. The summed E-state index contributed by atoms with van der Waals surface area (Å²) in [5.74, 6) is 0. The van der Waals surface area contributed by atoms with Gasteiger partial charge < -0.3 is 4.57 Å². The number of fused-ring (bicyclic) bond motifs is 9. The molecule has 0 atom stereocenters. The molecule has 12 rings (SSSR count). The monoisotopic (exact) mass is 675 g/mol. The summed E-state index contributed by atoms with van der Waals surface area (Å²) in [6.45, 7) is 9.57. The lowest BCUT2D eigenvalue weighted by atomic mass is 9.81. The molecule has 0 aliphatic heterocycles. The molecule has 1 aromatic heterocycles. The molecule has 0 radical (unpaired) electrons. The second kappa shape index (κ2) is 9.82. The predicted molar refractivity (Wildman–Crippen MR) is 225 cm³/mol. The fourth-order valence-corrected chi connectivity index (χ4v) is 10.5. The van der Waals surface area contributed by atoms with Crippen molar-refractivity contribution < 1.29 is 0 Å². The lowest BCUT2D eigenvalue weighted by molar-refractivity contribution is 0.660. The molecule has 10 aromatic rings. The summed E-state index contributed by atoms with van der Waals surface area (Å²) in [5.41, 5.74) is 17.1. The van der Waals surface area contributed by atoms with Crippen LogP contribution in [0.1, 0.15) is 49.9 Å². The molecule has 9 aromatic carbocycles. The Bertz CT molecular complexity index is 3210. The minimum absolute atomic E-state index is 0.0582. The summed E-state index contributed by atoms with van der Waals surface area (Å²) in [4.78, 5) is 0. The van der Waals surface area contributed by atoms with Crippen molar-refractivity contribution in [3.8, 4) is 39.1 Å². The summed E-state index contributed by atoms with van der Waals surface area (Å²) in [5, 5.41) is 10.6. The van der Waals surface area contributed by atoms with Crippen LogP contribution in [0.3, 0.4) is 0 Å². The van der Waals surface area contributed by atoms with Crippen molar-refractivity contribution in [2.24, 2.45) is 0 Å². The van der Waals surface area contributed by atoms with Gasteiger partial charge in [0.05, 0.1) is 11.0 Å². The van der Waals surface area contributed by atoms with E-state index < -0.39 is 0 Å². The van der Waals surface area contributed by atoms with Crippen LogP contribution in [0, 0.1) is 0 Å². The first kappa shape index (κ1) is 29.4. The zero-order valence-electron chi connectivity index (χ0n) is 30.4. The van der Waals surface area contributed by atoms with Crippen molar-refractivity contribution in [1.82, 2.24) is 4.57 Å². The molecule has 0 saturated carbocycles. The van der Waals surface area contributed by atoms with Crippen molar-refractivity contribution >= 4 is 54.1 Å². The zero-order chi connectivity index (χ0) is 35.4. The molecular weight excluding hydrogens is 639 g/mol. The van der Waals surface area contributed by atoms with Crippen molar-refractivity contribution in [3.05, 3.63) is 174 Å². The summed E-state index contributed by atoms with van der Waals surface area (Å²) in [6, 6.07) is 57.7. The number of nitrogens with zero attached hydrogens (tertiary/aromatic N) is 1. The van der Waals surface area contributed by atoms with Crippen LogP contribution in [0.25, 0.3) is 93.2 Å². The quantitative estimate of drug-likeness (QED) is 0.161. The molecule has 0 fully saturated rings. The third-order valence-corrected chi connectivity index (χ3v) is 13.1. The Balaban J connectivity index is 1.06. The highest BCUT2D eigenvalue weighted by molar-refractivity contribution is 6.25. The second-order valence-electron chi connectivity index (χ2n) is 16.5. The maximum atomic E-state index is 2.51. The van der Waals surface area contributed by atoms with Gasteiger partial charge in [-0.2, -0.15) is 0 Å². The molecule has 53 heavy (non-hydrogen) atoms. The molecule has 2 aliphatic carbocycles. The summed E-state index contributed by atoms with van der Waals surface area (Å²) in [7, 11) is 0. The maximum absolute atomic E-state index is 2.51. The van der Waals surface area contributed by atoms with Crippen LogP contribution >= 0.6 is 0 Å². The van der Waals surface area contributed by atoms with E-state index in [9.17, 15) is 0 Å². The SMILES string of the molecule is CC1(C)c2ccccc2-c2ccc(-n3c4ccccc4c4cc5c(cc43)-c3ccc(-c4ccc6ccc7cccc8ccc4c6c78)cc3C5(C)C)cc21. The highest BCUT2D eigenvalue weighted by Gasteiger charge is 2.38. The topological polar surface area (TPSA) is 4.93 Å². The third-order valence-electron chi connectivity index (χ3n) is 13.1. The van der Waals surface area contributed by atoms with Crippen LogP contribution in [0.5, 0.6) is 0 Å². The molecule has 0 saturated heterocycles. The van der Waals surface area contributed by atoms with Crippen LogP contribution in [-0.4, -0.2) is 4.57 Å². The van der Waals surface area contributed by atoms with E-state index in [1.165, 1.54) is 115 Å². The minimum Gasteiger partial charge on any atom is -0.309 e. The molecular formula is C52H37N. The molecule has 1 heterocycles. The number of rotatable bonds is 2. The summed E-state index contributed by atoms with van der Waals surface area (Å²) in [6.07, 6.45) is 0. The average molecular weight is 676 g/mol. The molecule has 0 spiro atoms. The Hall–Kier alpha value is -6.18. The molecule has 0 amide bonds. The number of hydrogen-bond donors (Lipinski definition) is 0. The van der Waals surface area contributed by atoms with Crippen LogP contribution in [-0.2, 0) is 10.8 Å². The smallest absolute Gasteiger partial charge is 0.0547 e. The van der Waals surface area contributed by atoms with Gasteiger partial charge in [0, 0.05) is 27.3 Å². The molecule has 1 heteroatoms. The number of hydrogen-bond acceptors (Lipinski definition) is 0. The van der Waals surface area contributed by atoms with Crippen LogP contribution in [0.15, 0.2) is 152 Å². The van der Waals surface area contributed by atoms with Gasteiger partial charge in [-0.05, 0) is 124 Å². The van der Waals surface area contributed by atoms with Gasteiger partial charge in [0.1, 0.15) is 0 Å². The van der Waals surface area contributed by atoms with E-state index in [0.717, 1.165) is 0 Å². The van der Waals surface area contributed by atoms with E-state index >= 15 is 0 Å². The zero-order valence-corrected chi connectivity index (χ0v) is 30.4. The van der Waals surface area contributed by atoms with E-state index in [0.29, 0.717) is 0 Å². The molecule has 250 valence electrons. The van der Waals surface area contributed by atoms with E-state index in [4.69, 9.17) is 0 Å². The molecule has 0 N–H and O–H groups in total. The Morgan fingerprint density at radius 2 is 0.981 bits per heavy atom. The molecule has 0 bridgehead atoms. The first-order valence-corrected chi connectivity index (χ1v) is 18.9. The van der Waals surface area contributed by atoms with Gasteiger partial charge >= 0.3 is 0 Å². The van der Waals surface area contributed by atoms with E-state index in [1.807, 2.05) is 0 Å². The van der Waals surface area contributed by atoms with Crippen LogP contribution < -0.4 is 0 Å². The number of para-hydroxylation sites is 1. The van der Waals surface area contributed by atoms with Crippen molar-refractivity contribution in [3.63, 3.8) is 0 Å². The lowest BCUT2D eigenvalue weighted by Crippen LogP contribution is -2.15. The summed E-state index contributed by atoms with van der Waals surface area (Å²) < 4.78 is 2.51. The van der Waals surface area contributed by atoms with Crippen LogP contribution in [0.2, 0.25) is 0 Å². The van der Waals surface area contributed by atoms with E-state index in [-0.39, 0.29) is 10.8 Å². The third kappa shape index (κ3) is 3.67. The van der Waals surface area contributed by atoms with Crippen LogP contribution in [0.4, 0.5) is 0 Å². The van der Waals surface area contributed by atoms with Gasteiger partial charge in [0.2, 0.25) is 0 Å². The lowest BCUT2D eigenvalue weighted by Gasteiger charge is -2.23.